The van der Waals surface area contributed by atoms with Gasteiger partial charge in [0.15, 0.2) is 0 Å². The van der Waals surface area contributed by atoms with E-state index in [9.17, 15) is 14.7 Å². The Morgan fingerprint density at radius 3 is 2.38 bits per heavy atom. The maximum absolute atomic E-state index is 13.1. The van der Waals surface area contributed by atoms with Gasteiger partial charge in [-0.05, 0) is 60.5 Å². The molecule has 4 rings (SSSR count). The van der Waals surface area contributed by atoms with E-state index in [4.69, 9.17) is 21.1 Å². The molecule has 6 nitrogen and oxygen atoms in total. The van der Waals surface area contributed by atoms with Crippen LogP contribution in [0, 0.1) is 0 Å². The summed E-state index contributed by atoms with van der Waals surface area (Å²) in [6.45, 7) is 0.730. The summed E-state index contributed by atoms with van der Waals surface area (Å²) in [5.74, 6) is -0.425. The molecule has 34 heavy (non-hydrogen) atoms. The van der Waals surface area contributed by atoms with Crippen LogP contribution in [-0.4, -0.2) is 42.0 Å². The van der Waals surface area contributed by atoms with Crippen molar-refractivity contribution in [2.24, 2.45) is 0 Å². The highest BCUT2D eigenvalue weighted by molar-refractivity contribution is 6.46. The molecule has 0 unspecified atom stereocenters. The molecule has 1 saturated heterocycles. The quantitative estimate of drug-likeness (QED) is 0.198. The van der Waals surface area contributed by atoms with Gasteiger partial charge in [-0.1, -0.05) is 41.9 Å². The minimum atomic E-state index is -0.771. The van der Waals surface area contributed by atoms with Crippen molar-refractivity contribution in [3.63, 3.8) is 0 Å². The predicted octanol–water partition coefficient (Wildman–Crippen LogP) is 5.59. The molecule has 7 heteroatoms. The number of amides is 1. The van der Waals surface area contributed by atoms with Crippen molar-refractivity contribution in [2.75, 3.05) is 20.3 Å². The SMILES string of the molecule is COCCCN1C(=O)C(=O)/C(=C(/O)c2ccc(Cl)cc2)[C@@H]1c1cccc(Oc2ccccc2)c1. The van der Waals surface area contributed by atoms with Crippen LogP contribution in [0.1, 0.15) is 23.6 Å². The molecule has 1 amide bonds. The number of ketones is 1. The lowest BCUT2D eigenvalue weighted by Crippen LogP contribution is -2.31. The summed E-state index contributed by atoms with van der Waals surface area (Å²) in [7, 11) is 1.58. The fraction of sp³-hybridized carbons (Fsp3) is 0.185. The number of aliphatic hydroxyl groups excluding tert-OH is 1. The number of ether oxygens (including phenoxy) is 2. The Morgan fingerprint density at radius 1 is 0.971 bits per heavy atom. The molecule has 1 aliphatic heterocycles. The highest BCUT2D eigenvalue weighted by Gasteiger charge is 2.45. The number of carbonyl (C=O) groups is 2. The van der Waals surface area contributed by atoms with Gasteiger partial charge in [-0.2, -0.15) is 0 Å². The summed E-state index contributed by atoms with van der Waals surface area (Å²) >= 11 is 5.98. The third kappa shape index (κ3) is 4.98. The second-order valence-corrected chi connectivity index (χ2v) is 8.27. The first-order valence-electron chi connectivity index (χ1n) is 10.9. The molecule has 0 aliphatic carbocycles. The van der Waals surface area contributed by atoms with Crippen molar-refractivity contribution in [3.05, 3.63) is 101 Å². The summed E-state index contributed by atoms with van der Waals surface area (Å²) in [5, 5.41) is 11.6. The Bertz CT molecular complexity index is 1210. The fourth-order valence-corrected chi connectivity index (χ4v) is 4.10. The van der Waals surface area contributed by atoms with E-state index in [-0.39, 0.29) is 11.3 Å². The fourth-order valence-electron chi connectivity index (χ4n) is 3.97. The normalized spacial score (nSPS) is 17.2. The minimum absolute atomic E-state index is 0.0293. The third-order valence-corrected chi connectivity index (χ3v) is 5.81. The number of Topliss-reactive ketones (excluding diaryl/α,β-unsaturated/α-hetero) is 1. The molecular weight excluding hydrogens is 454 g/mol. The second kappa shape index (κ2) is 10.5. The van der Waals surface area contributed by atoms with Crippen molar-refractivity contribution >= 4 is 29.1 Å². The molecule has 0 saturated carbocycles. The lowest BCUT2D eigenvalue weighted by atomic mass is 9.95. The smallest absolute Gasteiger partial charge is 0.295 e. The molecule has 174 valence electrons. The maximum Gasteiger partial charge on any atom is 0.295 e. The number of aliphatic hydroxyl groups is 1. The van der Waals surface area contributed by atoms with Crippen molar-refractivity contribution in [1.82, 2.24) is 4.90 Å². The van der Waals surface area contributed by atoms with Crippen molar-refractivity contribution in [2.45, 2.75) is 12.5 Å². The molecule has 1 aliphatic rings. The summed E-state index contributed by atoms with van der Waals surface area (Å²) in [5.41, 5.74) is 1.09. The summed E-state index contributed by atoms with van der Waals surface area (Å²) < 4.78 is 11.1. The van der Waals surface area contributed by atoms with Gasteiger partial charge in [0.25, 0.3) is 11.7 Å². The lowest BCUT2D eigenvalue weighted by Gasteiger charge is -2.25. The summed E-state index contributed by atoms with van der Waals surface area (Å²) in [4.78, 5) is 27.6. The lowest BCUT2D eigenvalue weighted by molar-refractivity contribution is -0.140. The van der Waals surface area contributed by atoms with E-state index in [2.05, 4.69) is 0 Å². The first-order valence-corrected chi connectivity index (χ1v) is 11.2. The van der Waals surface area contributed by atoms with Gasteiger partial charge in [-0.25, -0.2) is 0 Å². The zero-order valence-electron chi connectivity index (χ0n) is 18.6. The van der Waals surface area contributed by atoms with E-state index < -0.39 is 17.7 Å². The summed E-state index contributed by atoms with van der Waals surface area (Å²) in [6, 6.07) is 22.2. The number of benzene rings is 3. The van der Waals surface area contributed by atoms with E-state index in [1.165, 1.54) is 4.90 Å². The molecular formula is C27H24ClNO5. The van der Waals surface area contributed by atoms with Gasteiger partial charge < -0.3 is 19.5 Å². The molecule has 1 N–H and O–H groups in total. The molecule has 0 radical (unpaired) electrons. The Balaban J connectivity index is 1.78. The minimum Gasteiger partial charge on any atom is -0.507 e. The van der Waals surface area contributed by atoms with Crippen molar-refractivity contribution in [1.29, 1.82) is 0 Å². The monoisotopic (exact) mass is 477 g/mol. The average molecular weight is 478 g/mol. The van der Waals surface area contributed by atoms with Crippen LogP contribution in [0.3, 0.4) is 0 Å². The van der Waals surface area contributed by atoms with Gasteiger partial charge >= 0.3 is 0 Å². The first-order chi connectivity index (χ1) is 16.5. The molecule has 3 aromatic rings. The number of nitrogens with zero attached hydrogens (tertiary/aromatic N) is 1. The Hall–Kier alpha value is -3.61. The van der Waals surface area contributed by atoms with Crippen LogP contribution in [0.2, 0.25) is 5.02 Å². The molecule has 1 heterocycles. The zero-order chi connectivity index (χ0) is 24.1. The average Bonchev–Trinajstić information content (AvgIpc) is 3.10. The van der Waals surface area contributed by atoms with Gasteiger partial charge in [0, 0.05) is 30.8 Å². The Kier molecular flexibility index (Phi) is 7.30. The standard InChI is InChI=1S/C27H24ClNO5/c1-33-16-6-15-29-24(19-7-5-10-22(17-19)34-21-8-3-2-4-9-21)23(26(31)27(29)32)25(30)18-11-13-20(28)14-12-18/h2-5,7-14,17,24,30H,6,15-16H2,1H3/b25-23+/t24-/m0/s1. The molecule has 3 aromatic carbocycles. The second-order valence-electron chi connectivity index (χ2n) is 7.83. The van der Waals surface area contributed by atoms with Crippen molar-refractivity contribution in [3.8, 4) is 11.5 Å². The molecule has 1 atom stereocenters. The van der Waals surface area contributed by atoms with E-state index in [0.717, 1.165) is 0 Å². The first kappa shape index (κ1) is 23.5. The van der Waals surface area contributed by atoms with Crippen LogP contribution in [0.15, 0.2) is 84.4 Å². The van der Waals surface area contributed by atoms with Gasteiger partial charge in [-0.3, -0.25) is 9.59 Å². The number of hydrogen-bond donors (Lipinski definition) is 1. The molecule has 1 fully saturated rings. The zero-order valence-corrected chi connectivity index (χ0v) is 19.4. The van der Waals surface area contributed by atoms with Crippen LogP contribution in [0.4, 0.5) is 0 Å². The van der Waals surface area contributed by atoms with E-state index in [1.807, 2.05) is 36.4 Å². The van der Waals surface area contributed by atoms with Gasteiger partial charge in [-0.15, -0.1) is 0 Å². The maximum atomic E-state index is 13.1. The number of halogens is 1. The number of hydrogen-bond acceptors (Lipinski definition) is 5. The van der Waals surface area contributed by atoms with E-state index in [1.54, 1.807) is 49.6 Å². The van der Waals surface area contributed by atoms with Crippen LogP contribution < -0.4 is 4.74 Å². The number of para-hydroxylation sites is 1. The molecule has 0 spiro atoms. The highest BCUT2D eigenvalue weighted by atomic mass is 35.5. The van der Waals surface area contributed by atoms with Gasteiger partial charge in [0.1, 0.15) is 17.3 Å². The Morgan fingerprint density at radius 2 is 1.68 bits per heavy atom. The van der Waals surface area contributed by atoms with Crippen LogP contribution in [-0.2, 0) is 14.3 Å². The topological polar surface area (TPSA) is 76.1 Å². The van der Waals surface area contributed by atoms with E-state index >= 15 is 0 Å². The number of carbonyl (C=O) groups excluding carboxylic acids is 2. The van der Waals surface area contributed by atoms with Crippen LogP contribution >= 0.6 is 11.6 Å². The Labute approximate surface area is 203 Å². The van der Waals surface area contributed by atoms with Crippen molar-refractivity contribution < 1.29 is 24.2 Å². The van der Waals surface area contributed by atoms with Gasteiger partial charge in [0.05, 0.1) is 11.6 Å². The van der Waals surface area contributed by atoms with Gasteiger partial charge in [0.2, 0.25) is 0 Å². The predicted molar refractivity (Wildman–Crippen MR) is 130 cm³/mol. The third-order valence-electron chi connectivity index (χ3n) is 5.56. The molecule has 0 aromatic heterocycles. The number of methoxy groups -OCH3 is 1. The largest absolute Gasteiger partial charge is 0.507 e. The molecule has 0 bridgehead atoms. The summed E-state index contributed by atoms with van der Waals surface area (Å²) in [6.07, 6.45) is 0.543. The van der Waals surface area contributed by atoms with Crippen LogP contribution in [0.5, 0.6) is 11.5 Å². The van der Waals surface area contributed by atoms with E-state index in [0.29, 0.717) is 47.2 Å². The highest BCUT2D eigenvalue weighted by Crippen LogP contribution is 2.40. The van der Waals surface area contributed by atoms with Crippen LogP contribution in [0.25, 0.3) is 5.76 Å². The number of likely N-dealkylation sites (tertiary alicyclic amines) is 1. The number of rotatable bonds is 8.